The Kier molecular flexibility index (Phi) is 7.84. The smallest absolute Gasteiger partial charge is 0.221 e. The van der Waals surface area contributed by atoms with Crippen molar-refractivity contribution in [2.45, 2.75) is 19.4 Å². The highest BCUT2D eigenvalue weighted by atomic mass is 16.5. The quantitative estimate of drug-likeness (QED) is 0.682. The minimum Gasteiger partial charge on any atom is -0.385 e. The van der Waals surface area contributed by atoms with Crippen LogP contribution in [0.25, 0.3) is 0 Å². The number of carbonyl (C=O) groups excluding carboxylic acids is 1. The van der Waals surface area contributed by atoms with Crippen molar-refractivity contribution in [2.24, 2.45) is 0 Å². The molecule has 24 heavy (non-hydrogen) atoms. The zero-order valence-electron chi connectivity index (χ0n) is 14.3. The van der Waals surface area contributed by atoms with Gasteiger partial charge in [0.05, 0.1) is 0 Å². The van der Waals surface area contributed by atoms with E-state index >= 15 is 0 Å². The van der Waals surface area contributed by atoms with E-state index in [0.717, 1.165) is 18.7 Å². The van der Waals surface area contributed by atoms with Crippen LogP contribution >= 0.6 is 0 Å². The van der Waals surface area contributed by atoms with Crippen molar-refractivity contribution in [2.75, 3.05) is 31.7 Å². The van der Waals surface area contributed by atoms with Gasteiger partial charge in [-0.3, -0.25) is 4.79 Å². The van der Waals surface area contributed by atoms with E-state index in [1.165, 1.54) is 5.56 Å². The fraction of sp³-hybridized carbons (Fsp3) is 0.350. The Labute approximate surface area is 144 Å². The summed E-state index contributed by atoms with van der Waals surface area (Å²) in [7, 11) is 1.67. The van der Waals surface area contributed by atoms with Gasteiger partial charge in [0, 0.05) is 45.5 Å². The minimum atomic E-state index is 0.0834. The molecule has 0 aliphatic rings. The molecule has 2 rings (SSSR count). The van der Waals surface area contributed by atoms with Crippen molar-refractivity contribution in [3.05, 3.63) is 66.2 Å². The van der Waals surface area contributed by atoms with Gasteiger partial charge in [-0.2, -0.15) is 0 Å². The molecule has 1 amide bonds. The summed E-state index contributed by atoms with van der Waals surface area (Å²) in [4.78, 5) is 14.3. The van der Waals surface area contributed by atoms with Crippen LogP contribution in [0.2, 0.25) is 0 Å². The number of hydrogen-bond donors (Lipinski definition) is 1. The van der Waals surface area contributed by atoms with Gasteiger partial charge >= 0.3 is 0 Å². The molecule has 1 N–H and O–H groups in total. The lowest BCUT2D eigenvalue weighted by Crippen LogP contribution is -2.31. The van der Waals surface area contributed by atoms with E-state index in [-0.39, 0.29) is 5.91 Å². The molecule has 0 atom stereocenters. The highest BCUT2D eigenvalue weighted by Crippen LogP contribution is 2.17. The van der Waals surface area contributed by atoms with Crippen LogP contribution in [-0.2, 0) is 16.1 Å². The SMILES string of the molecule is COCCCNC(=O)CCN(Cc1ccccc1)c1ccccc1. The number of nitrogens with zero attached hydrogens (tertiary/aromatic N) is 1. The fourth-order valence-electron chi connectivity index (χ4n) is 2.51. The second kappa shape index (κ2) is 10.4. The normalized spacial score (nSPS) is 10.4. The summed E-state index contributed by atoms with van der Waals surface area (Å²) in [5.41, 5.74) is 2.37. The Morgan fingerprint density at radius 1 is 1.04 bits per heavy atom. The summed E-state index contributed by atoms with van der Waals surface area (Å²) in [5.74, 6) is 0.0834. The lowest BCUT2D eigenvalue weighted by atomic mass is 10.2. The van der Waals surface area contributed by atoms with Crippen LogP contribution in [0.15, 0.2) is 60.7 Å². The second-order valence-electron chi connectivity index (χ2n) is 5.69. The maximum absolute atomic E-state index is 12.0. The van der Waals surface area contributed by atoms with E-state index in [4.69, 9.17) is 4.74 Å². The van der Waals surface area contributed by atoms with Gasteiger partial charge in [0.2, 0.25) is 5.91 Å². The molecule has 0 unspecified atom stereocenters. The largest absolute Gasteiger partial charge is 0.385 e. The third-order valence-electron chi connectivity index (χ3n) is 3.79. The maximum atomic E-state index is 12.0. The number of hydrogen-bond acceptors (Lipinski definition) is 3. The Hall–Kier alpha value is -2.33. The van der Waals surface area contributed by atoms with Crippen LogP contribution in [-0.4, -0.2) is 32.7 Å². The average Bonchev–Trinajstić information content (AvgIpc) is 2.64. The molecule has 4 heteroatoms. The number of carbonyl (C=O) groups is 1. The van der Waals surface area contributed by atoms with Crippen molar-refractivity contribution in [3.63, 3.8) is 0 Å². The van der Waals surface area contributed by atoms with Gasteiger partial charge < -0.3 is 15.0 Å². The number of rotatable bonds is 10. The first-order chi connectivity index (χ1) is 11.8. The van der Waals surface area contributed by atoms with E-state index < -0.39 is 0 Å². The van der Waals surface area contributed by atoms with Gasteiger partial charge in [-0.1, -0.05) is 48.5 Å². The predicted octanol–water partition coefficient (Wildman–Crippen LogP) is 3.24. The van der Waals surface area contributed by atoms with Crippen LogP contribution in [0.3, 0.4) is 0 Å². The van der Waals surface area contributed by atoms with Crippen molar-refractivity contribution in [1.82, 2.24) is 5.32 Å². The number of para-hydroxylation sites is 1. The second-order valence-corrected chi connectivity index (χ2v) is 5.69. The Balaban J connectivity index is 1.90. The van der Waals surface area contributed by atoms with E-state index in [1.807, 2.05) is 36.4 Å². The lowest BCUT2D eigenvalue weighted by molar-refractivity contribution is -0.120. The molecule has 2 aromatic carbocycles. The molecule has 0 aliphatic carbocycles. The third kappa shape index (κ3) is 6.42. The molecule has 2 aromatic rings. The summed E-state index contributed by atoms with van der Waals surface area (Å²) in [6, 6.07) is 20.6. The molecule has 0 saturated heterocycles. The summed E-state index contributed by atoms with van der Waals surface area (Å²) < 4.78 is 4.99. The Bertz CT molecular complexity index is 587. The predicted molar refractivity (Wildman–Crippen MR) is 98.1 cm³/mol. The Morgan fingerprint density at radius 3 is 2.38 bits per heavy atom. The molecule has 0 spiro atoms. The molecule has 0 radical (unpaired) electrons. The molecule has 0 heterocycles. The van der Waals surface area contributed by atoms with Crippen molar-refractivity contribution < 1.29 is 9.53 Å². The number of anilines is 1. The minimum absolute atomic E-state index is 0.0834. The van der Waals surface area contributed by atoms with E-state index in [9.17, 15) is 4.79 Å². The number of ether oxygens (including phenoxy) is 1. The van der Waals surface area contributed by atoms with Gasteiger partial charge in [-0.25, -0.2) is 0 Å². The zero-order chi connectivity index (χ0) is 17.0. The van der Waals surface area contributed by atoms with Crippen LogP contribution in [0.1, 0.15) is 18.4 Å². The van der Waals surface area contributed by atoms with Gasteiger partial charge in [-0.05, 0) is 24.1 Å². The van der Waals surface area contributed by atoms with Crippen molar-refractivity contribution in [3.8, 4) is 0 Å². The first-order valence-corrected chi connectivity index (χ1v) is 8.39. The monoisotopic (exact) mass is 326 g/mol. The maximum Gasteiger partial charge on any atom is 0.221 e. The average molecular weight is 326 g/mol. The van der Waals surface area contributed by atoms with Crippen LogP contribution in [0.4, 0.5) is 5.69 Å². The third-order valence-corrected chi connectivity index (χ3v) is 3.79. The molecule has 128 valence electrons. The molecule has 0 aliphatic heterocycles. The molecule has 0 saturated carbocycles. The first kappa shape index (κ1) is 18.0. The van der Waals surface area contributed by atoms with Crippen LogP contribution in [0, 0.1) is 0 Å². The van der Waals surface area contributed by atoms with E-state index in [2.05, 4.69) is 34.5 Å². The summed E-state index contributed by atoms with van der Waals surface area (Å²) in [6.07, 6.45) is 1.32. The highest BCUT2D eigenvalue weighted by molar-refractivity contribution is 5.76. The molecule has 0 aromatic heterocycles. The molecular formula is C20H26N2O2. The van der Waals surface area contributed by atoms with E-state index in [1.54, 1.807) is 7.11 Å². The number of methoxy groups -OCH3 is 1. The standard InChI is InChI=1S/C20H26N2O2/c1-24-16-8-14-21-20(23)13-15-22(19-11-6-3-7-12-19)17-18-9-4-2-5-10-18/h2-7,9-12H,8,13-17H2,1H3,(H,21,23). The topological polar surface area (TPSA) is 41.6 Å². The van der Waals surface area contributed by atoms with Crippen LogP contribution < -0.4 is 10.2 Å². The summed E-state index contributed by atoms with van der Waals surface area (Å²) >= 11 is 0. The van der Waals surface area contributed by atoms with Crippen molar-refractivity contribution >= 4 is 11.6 Å². The summed E-state index contributed by atoms with van der Waals surface area (Å²) in [6.45, 7) is 2.82. The number of amides is 1. The molecule has 4 nitrogen and oxygen atoms in total. The molecular weight excluding hydrogens is 300 g/mol. The lowest BCUT2D eigenvalue weighted by Gasteiger charge is -2.25. The van der Waals surface area contributed by atoms with Gasteiger partial charge in [0.25, 0.3) is 0 Å². The zero-order valence-corrected chi connectivity index (χ0v) is 14.3. The highest BCUT2D eigenvalue weighted by Gasteiger charge is 2.10. The van der Waals surface area contributed by atoms with Gasteiger partial charge in [0.15, 0.2) is 0 Å². The van der Waals surface area contributed by atoms with Crippen molar-refractivity contribution in [1.29, 1.82) is 0 Å². The number of benzene rings is 2. The fourth-order valence-corrected chi connectivity index (χ4v) is 2.51. The van der Waals surface area contributed by atoms with Gasteiger partial charge in [-0.15, -0.1) is 0 Å². The van der Waals surface area contributed by atoms with E-state index in [0.29, 0.717) is 26.1 Å². The first-order valence-electron chi connectivity index (χ1n) is 8.39. The van der Waals surface area contributed by atoms with Gasteiger partial charge in [0.1, 0.15) is 0 Å². The summed E-state index contributed by atoms with van der Waals surface area (Å²) in [5, 5.41) is 2.94. The molecule has 0 bridgehead atoms. The number of nitrogens with one attached hydrogen (secondary N) is 1. The Morgan fingerprint density at radius 2 is 1.71 bits per heavy atom. The van der Waals surface area contributed by atoms with Crippen LogP contribution in [0.5, 0.6) is 0 Å². The molecule has 0 fully saturated rings.